The number of hydrogen-bond acceptors (Lipinski definition) is 5. The zero-order valence-corrected chi connectivity index (χ0v) is 17.4. The second kappa shape index (κ2) is 8.78. The Kier molecular flexibility index (Phi) is 6.03. The number of alkyl halides is 4. The van der Waals surface area contributed by atoms with E-state index >= 15 is 0 Å². The van der Waals surface area contributed by atoms with E-state index in [-0.39, 0.29) is 10.6 Å². The van der Waals surface area contributed by atoms with Crippen LogP contribution >= 0.6 is 0 Å². The number of aromatic nitrogens is 1. The lowest BCUT2D eigenvalue weighted by Gasteiger charge is -2.30. The van der Waals surface area contributed by atoms with Gasteiger partial charge in [0.05, 0.1) is 23.4 Å². The number of para-hydroxylation sites is 1. The first kappa shape index (κ1) is 22.7. The lowest BCUT2D eigenvalue weighted by Crippen LogP contribution is -2.51. The van der Waals surface area contributed by atoms with Gasteiger partial charge < -0.3 is 9.84 Å². The van der Waals surface area contributed by atoms with Gasteiger partial charge in [-0.2, -0.15) is 10.1 Å². The summed E-state index contributed by atoms with van der Waals surface area (Å²) in [5.74, 6) is -0.509. The molecule has 0 saturated carbocycles. The predicted molar refractivity (Wildman–Crippen MR) is 114 cm³/mol. The Balaban J connectivity index is 1.83. The normalized spacial score (nSPS) is 18.3. The Morgan fingerprint density at radius 2 is 1.85 bits per heavy atom. The summed E-state index contributed by atoms with van der Waals surface area (Å²) in [6.45, 7) is 2.33. The fourth-order valence-electron chi connectivity index (χ4n) is 3.61. The highest BCUT2D eigenvalue weighted by Crippen LogP contribution is 2.36. The van der Waals surface area contributed by atoms with Crippen LogP contribution in [0.1, 0.15) is 23.7 Å². The van der Waals surface area contributed by atoms with Crippen molar-refractivity contribution in [3.05, 3.63) is 60.2 Å². The average molecular weight is 461 g/mol. The minimum atomic E-state index is -3.51. The van der Waals surface area contributed by atoms with Crippen molar-refractivity contribution in [2.75, 3.05) is 6.61 Å². The van der Waals surface area contributed by atoms with Gasteiger partial charge in [-0.1, -0.05) is 18.2 Å². The molecule has 1 amide bonds. The zero-order chi connectivity index (χ0) is 23.8. The third kappa shape index (κ3) is 4.13. The fourth-order valence-corrected chi connectivity index (χ4v) is 3.61. The summed E-state index contributed by atoms with van der Waals surface area (Å²) in [5, 5.41) is 14.1. The molecule has 1 aliphatic rings. The number of hydrazone groups is 1. The average Bonchev–Trinajstić information content (AvgIpc) is 3.18. The molecule has 0 aliphatic carbocycles. The molecule has 0 unspecified atom stereocenters. The third-order valence-electron chi connectivity index (χ3n) is 5.24. The van der Waals surface area contributed by atoms with Crippen molar-refractivity contribution in [2.24, 2.45) is 5.10 Å². The van der Waals surface area contributed by atoms with Crippen LogP contribution in [0.3, 0.4) is 0 Å². The Morgan fingerprint density at radius 3 is 2.48 bits per heavy atom. The number of ether oxygens (including phenoxy) is 1. The number of pyridine rings is 1. The summed E-state index contributed by atoms with van der Waals surface area (Å²) in [5.41, 5.74) is -2.94. The first-order valence-electron chi connectivity index (χ1n) is 10.1. The second-order valence-corrected chi connectivity index (χ2v) is 7.39. The lowest BCUT2D eigenvalue weighted by atomic mass is 10.0. The number of carbonyl (C=O) groups is 1. The van der Waals surface area contributed by atoms with Gasteiger partial charge >= 0.3 is 0 Å². The Hall–Kier alpha value is -3.53. The zero-order valence-electron chi connectivity index (χ0n) is 17.4. The molecule has 33 heavy (non-hydrogen) atoms. The first-order valence-corrected chi connectivity index (χ1v) is 10.1. The molecule has 2 aromatic carbocycles. The van der Waals surface area contributed by atoms with Crippen LogP contribution in [0.5, 0.6) is 5.75 Å². The monoisotopic (exact) mass is 461 g/mol. The number of rotatable bonds is 6. The van der Waals surface area contributed by atoms with Crippen molar-refractivity contribution in [1.82, 2.24) is 9.99 Å². The summed E-state index contributed by atoms with van der Waals surface area (Å²) in [6, 6.07) is 14.7. The fraction of sp³-hybridized carbons (Fsp3) is 0.261. The highest BCUT2D eigenvalue weighted by Gasteiger charge is 2.53. The van der Waals surface area contributed by atoms with Crippen LogP contribution in [0, 0.1) is 0 Å². The van der Waals surface area contributed by atoms with Gasteiger partial charge in [-0.25, -0.2) is 22.5 Å². The summed E-state index contributed by atoms with van der Waals surface area (Å²) >= 11 is 0. The van der Waals surface area contributed by atoms with Crippen molar-refractivity contribution >= 4 is 22.5 Å². The van der Waals surface area contributed by atoms with E-state index in [2.05, 4.69) is 10.1 Å². The maximum atomic E-state index is 13.7. The molecule has 6 nitrogen and oxygen atoms in total. The molecule has 172 valence electrons. The molecule has 1 aliphatic heterocycles. The van der Waals surface area contributed by atoms with Crippen LogP contribution in [-0.4, -0.2) is 51.9 Å². The van der Waals surface area contributed by atoms with Gasteiger partial charge in [0.15, 0.2) is 0 Å². The molecular formula is C23H19F4N3O3. The number of halogens is 4. The standard InChI is InChI=1S/C23H19F4N3O3/c1-2-33-14-9-7-13(8-10-14)18-11-16(15-5-3-4-6-17(15)28-18)21(31)30-23(32,22(26)27)12-19(29-30)20(24)25/h3-11,20,22,32H,2,12H2,1H3/t23-/m0/s1. The molecule has 1 N–H and O–H groups in total. The predicted octanol–water partition coefficient (Wildman–Crippen LogP) is 4.72. The molecule has 0 spiro atoms. The second-order valence-electron chi connectivity index (χ2n) is 7.39. The number of fused-ring (bicyclic) bond motifs is 1. The van der Waals surface area contributed by atoms with Crippen molar-refractivity contribution in [2.45, 2.75) is 31.9 Å². The van der Waals surface area contributed by atoms with E-state index in [9.17, 15) is 27.5 Å². The van der Waals surface area contributed by atoms with Crippen LogP contribution in [0.15, 0.2) is 59.7 Å². The molecule has 4 rings (SSSR count). The molecule has 0 saturated heterocycles. The van der Waals surface area contributed by atoms with E-state index in [0.29, 0.717) is 34.5 Å². The number of nitrogens with zero attached hydrogens (tertiary/aromatic N) is 3. The van der Waals surface area contributed by atoms with Crippen LogP contribution in [0.2, 0.25) is 0 Å². The minimum Gasteiger partial charge on any atom is -0.494 e. The van der Waals surface area contributed by atoms with E-state index in [0.717, 1.165) is 0 Å². The van der Waals surface area contributed by atoms with Crippen LogP contribution in [-0.2, 0) is 0 Å². The van der Waals surface area contributed by atoms with E-state index in [1.54, 1.807) is 48.5 Å². The molecule has 1 aromatic heterocycles. The van der Waals surface area contributed by atoms with Crippen LogP contribution < -0.4 is 4.74 Å². The molecule has 10 heteroatoms. The molecule has 0 bridgehead atoms. The molecule has 0 radical (unpaired) electrons. The third-order valence-corrected chi connectivity index (χ3v) is 5.24. The van der Waals surface area contributed by atoms with Gasteiger partial charge in [0.25, 0.3) is 18.8 Å². The highest BCUT2D eigenvalue weighted by atomic mass is 19.3. The van der Waals surface area contributed by atoms with Gasteiger partial charge in [0, 0.05) is 17.4 Å². The van der Waals surface area contributed by atoms with E-state index in [1.807, 2.05) is 6.92 Å². The van der Waals surface area contributed by atoms with Crippen LogP contribution in [0.25, 0.3) is 22.2 Å². The summed E-state index contributed by atoms with van der Waals surface area (Å²) < 4.78 is 59.1. The molecule has 0 fully saturated rings. The molecular weight excluding hydrogens is 442 g/mol. The van der Waals surface area contributed by atoms with Gasteiger partial charge in [-0.05, 0) is 43.3 Å². The van der Waals surface area contributed by atoms with Crippen molar-refractivity contribution in [3.63, 3.8) is 0 Å². The molecule has 2 heterocycles. The lowest BCUT2D eigenvalue weighted by molar-refractivity contribution is -0.164. The number of aliphatic hydroxyl groups is 1. The maximum absolute atomic E-state index is 13.7. The Labute approximate surface area is 186 Å². The van der Waals surface area contributed by atoms with Crippen LogP contribution in [0.4, 0.5) is 17.6 Å². The van der Waals surface area contributed by atoms with Gasteiger partial charge in [-0.15, -0.1) is 0 Å². The number of hydrogen-bond donors (Lipinski definition) is 1. The van der Waals surface area contributed by atoms with Gasteiger partial charge in [0.2, 0.25) is 5.72 Å². The van der Waals surface area contributed by atoms with E-state index in [4.69, 9.17) is 4.74 Å². The minimum absolute atomic E-state index is 0.0584. The molecule has 1 atom stereocenters. The summed E-state index contributed by atoms with van der Waals surface area (Å²) in [6.07, 6.45) is -7.86. The Bertz CT molecular complexity index is 1220. The summed E-state index contributed by atoms with van der Waals surface area (Å²) in [4.78, 5) is 17.8. The maximum Gasteiger partial charge on any atom is 0.287 e. The van der Waals surface area contributed by atoms with Crippen molar-refractivity contribution < 1.29 is 32.2 Å². The van der Waals surface area contributed by atoms with Crippen molar-refractivity contribution in [3.8, 4) is 17.0 Å². The Morgan fingerprint density at radius 1 is 1.15 bits per heavy atom. The SMILES string of the molecule is CCOc1ccc(-c2cc(C(=O)N3N=C(C(F)F)C[C@]3(O)C(F)F)c3ccccc3n2)cc1. The largest absolute Gasteiger partial charge is 0.494 e. The first-order chi connectivity index (χ1) is 15.7. The quantitative estimate of drug-likeness (QED) is 0.539. The molecule has 3 aromatic rings. The number of carbonyl (C=O) groups excluding carboxylic acids is 1. The summed E-state index contributed by atoms with van der Waals surface area (Å²) in [7, 11) is 0. The topological polar surface area (TPSA) is 75.0 Å². The van der Waals surface area contributed by atoms with E-state index in [1.165, 1.54) is 6.07 Å². The van der Waals surface area contributed by atoms with Gasteiger partial charge in [-0.3, -0.25) is 4.79 Å². The number of amides is 1. The smallest absolute Gasteiger partial charge is 0.287 e. The van der Waals surface area contributed by atoms with Crippen molar-refractivity contribution in [1.29, 1.82) is 0 Å². The highest BCUT2D eigenvalue weighted by molar-refractivity contribution is 6.08. The van der Waals surface area contributed by atoms with Gasteiger partial charge in [0.1, 0.15) is 11.5 Å². The number of benzene rings is 2. The van der Waals surface area contributed by atoms with E-state index < -0.39 is 36.6 Å².